The molecule has 2 aromatic heterocycles. The molecule has 0 spiro atoms. The first kappa shape index (κ1) is 17.5. The number of benzene rings is 2. The molecule has 0 atom stereocenters. The van der Waals surface area contributed by atoms with Crippen LogP contribution in [0.15, 0.2) is 54.7 Å². The van der Waals surface area contributed by atoms with E-state index in [1.807, 2.05) is 30.3 Å². The van der Waals surface area contributed by atoms with Crippen molar-refractivity contribution in [2.24, 2.45) is 0 Å². The molecule has 8 heteroatoms. The fraction of sp³-hybridized carbons (Fsp3) is 0.100. The van der Waals surface area contributed by atoms with Crippen LogP contribution in [0.4, 0.5) is 0 Å². The number of hydrogen-bond acceptors (Lipinski definition) is 5. The number of carboxylic acids is 1. The molecule has 0 aliphatic rings. The number of H-pyrrole nitrogens is 1. The fourth-order valence-corrected chi connectivity index (χ4v) is 2.88. The van der Waals surface area contributed by atoms with Crippen LogP contribution in [0.5, 0.6) is 0 Å². The van der Waals surface area contributed by atoms with Crippen molar-refractivity contribution in [2.75, 3.05) is 6.61 Å². The number of carbonyl (C=O) groups is 2. The molecule has 0 unspecified atom stereocenters. The van der Waals surface area contributed by atoms with Gasteiger partial charge >= 0.3 is 11.9 Å². The highest BCUT2D eigenvalue weighted by Gasteiger charge is 2.22. The van der Waals surface area contributed by atoms with Crippen molar-refractivity contribution in [3.8, 4) is 17.1 Å². The molecule has 28 heavy (non-hydrogen) atoms. The Hall–Kier alpha value is -3.94. The number of para-hydroxylation sites is 1. The standard InChI is InChI=1S/C20H16N4O4/c1-2-28-20(27)17-14(11-24(23-17)13-6-4-3-5-7-13)18-21-15-9-8-12(19(25)26)10-16(15)22-18/h3-11H,2H2,1H3,(H,21,22)(H,25,26). The minimum Gasteiger partial charge on any atom is -0.478 e. The average molecular weight is 376 g/mol. The van der Waals surface area contributed by atoms with Gasteiger partial charge in [0.1, 0.15) is 5.82 Å². The molecule has 0 radical (unpaired) electrons. The van der Waals surface area contributed by atoms with Crippen LogP contribution < -0.4 is 0 Å². The number of aromatic carboxylic acids is 1. The molecule has 2 N–H and O–H groups in total. The zero-order valence-corrected chi connectivity index (χ0v) is 14.9. The molecule has 0 aliphatic heterocycles. The Morgan fingerprint density at radius 3 is 2.68 bits per heavy atom. The van der Waals surface area contributed by atoms with Gasteiger partial charge in [0.15, 0.2) is 5.69 Å². The molecule has 0 saturated carbocycles. The van der Waals surface area contributed by atoms with Crippen LogP contribution in [0, 0.1) is 0 Å². The molecule has 2 aromatic carbocycles. The van der Waals surface area contributed by atoms with Gasteiger partial charge in [-0.15, -0.1) is 0 Å². The Labute approximate surface area is 159 Å². The lowest BCUT2D eigenvalue weighted by atomic mass is 10.2. The number of imidazole rings is 1. The first-order valence-corrected chi connectivity index (χ1v) is 8.62. The molecular weight excluding hydrogens is 360 g/mol. The van der Waals surface area contributed by atoms with E-state index >= 15 is 0 Å². The van der Waals surface area contributed by atoms with Gasteiger partial charge in [0.05, 0.1) is 34.5 Å². The zero-order valence-electron chi connectivity index (χ0n) is 14.9. The predicted molar refractivity (Wildman–Crippen MR) is 102 cm³/mol. The Balaban J connectivity index is 1.85. The highest BCUT2D eigenvalue weighted by Crippen LogP contribution is 2.26. The van der Waals surface area contributed by atoms with Crippen LogP contribution in [0.1, 0.15) is 27.8 Å². The number of esters is 1. The maximum absolute atomic E-state index is 12.4. The quantitative estimate of drug-likeness (QED) is 0.517. The first-order valence-electron chi connectivity index (χ1n) is 8.62. The first-order chi connectivity index (χ1) is 13.6. The second-order valence-electron chi connectivity index (χ2n) is 6.01. The third-order valence-electron chi connectivity index (χ3n) is 4.19. The number of rotatable bonds is 5. The van der Waals surface area contributed by atoms with E-state index in [4.69, 9.17) is 9.84 Å². The molecule has 140 valence electrons. The molecule has 4 aromatic rings. The number of fused-ring (bicyclic) bond motifs is 1. The van der Waals surface area contributed by atoms with Crippen molar-refractivity contribution in [3.63, 3.8) is 0 Å². The van der Waals surface area contributed by atoms with E-state index in [2.05, 4.69) is 15.1 Å². The highest BCUT2D eigenvalue weighted by atomic mass is 16.5. The summed E-state index contributed by atoms with van der Waals surface area (Å²) in [6, 6.07) is 14.0. The summed E-state index contributed by atoms with van der Waals surface area (Å²) in [6.45, 7) is 1.94. The lowest BCUT2D eigenvalue weighted by Crippen LogP contribution is -2.08. The van der Waals surface area contributed by atoms with E-state index in [-0.39, 0.29) is 17.9 Å². The smallest absolute Gasteiger partial charge is 0.359 e. The SMILES string of the molecule is CCOC(=O)c1nn(-c2ccccc2)cc1-c1nc2ccc(C(=O)O)cc2[nH]1. The topological polar surface area (TPSA) is 110 Å². The van der Waals surface area contributed by atoms with Gasteiger partial charge in [-0.2, -0.15) is 5.10 Å². The van der Waals surface area contributed by atoms with Crippen molar-refractivity contribution in [2.45, 2.75) is 6.92 Å². The van der Waals surface area contributed by atoms with Gasteiger partial charge in [-0.05, 0) is 37.3 Å². The Morgan fingerprint density at radius 2 is 1.96 bits per heavy atom. The summed E-state index contributed by atoms with van der Waals surface area (Å²) in [6.07, 6.45) is 1.69. The van der Waals surface area contributed by atoms with Crippen molar-refractivity contribution in [1.82, 2.24) is 19.7 Å². The summed E-state index contributed by atoms with van der Waals surface area (Å²) in [4.78, 5) is 31.2. The molecule has 0 fully saturated rings. The van der Waals surface area contributed by atoms with Crippen LogP contribution >= 0.6 is 0 Å². The molecule has 4 rings (SSSR count). The van der Waals surface area contributed by atoms with E-state index in [1.54, 1.807) is 23.9 Å². The third kappa shape index (κ3) is 3.11. The van der Waals surface area contributed by atoms with Crippen LogP contribution in [-0.2, 0) is 4.74 Å². The van der Waals surface area contributed by atoms with Gasteiger partial charge in [0.2, 0.25) is 0 Å². The Morgan fingerprint density at radius 1 is 1.18 bits per heavy atom. The second kappa shape index (κ2) is 6.99. The number of nitrogens with one attached hydrogen (secondary N) is 1. The number of aromatic nitrogens is 4. The largest absolute Gasteiger partial charge is 0.478 e. The van der Waals surface area contributed by atoms with Gasteiger partial charge < -0.3 is 14.8 Å². The second-order valence-corrected chi connectivity index (χ2v) is 6.01. The molecular formula is C20H16N4O4. The van der Waals surface area contributed by atoms with Crippen molar-refractivity contribution >= 4 is 23.0 Å². The minimum absolute atomic E-state index is 0.128. The van der Waals surface area contributed by atoms with Crippen molar-refractivity contribution < 1.29 is 19.4 Å². The summed E-state index contributed by atoms with van der Waals surface area (Å²) >= 11 is 0. The predicted octanol–water partition coefficient (Wildman–Crippen LogP) is 3.29. The van der Waals surface area contributed by atoms with Gasteiger partial charge in [-0.1, -0.05) is 18.2 Å². The van der Waals surface area contributed by atoms with E-state index in [0.29, 0.717) is 22.4 Å². The maximum atomic E-state index is 12.4. The molecule has 8 nitrogen and oxygen atoms in total. The zero-order chi connectivity index (χ0) is 19.7. The number of aromatic amines is 1. The lowest BCUT2D eigenvalue weighted by molar-refractivity contribution is 0.0519. The molecule has 0 aliphatic carbocycles. The van der Waals surface area contributed by atoms with Gasteiger partial charge in [-0.25, -0.2) is 19.3 Å². The molecule has 0 bridgehead atoms. The van der Waals surface area contributed by atoms with Crippen LogP contribution in [0.2, 0.25) is 0 Å². The van der Waals surface area contributed by atoms with E-state index in [9.17, 15) is 9.59 Å². The average Bonchev–Trinajstić information content (AvgIpc) is 3.32. The van der Waals surface area contributed by atoms with E-state index in [0.717, 1.165) is 5.69 Å². The monoisotopic (exact) mass is 376 g/mol. The van der Waals surface area contributed by atoms with Gasteiger partial charge in [0, 0.05) is 6.20 Å². The van der Waals surface area contributed by atoms with Gasteiger partial charge in [0.25, 0.3) is 0 Å². The van der Waals surface area contributed by atoms with Crippen molar-refractivity contribution in [1.29, 1.82) is 0 Å². The lowest BCUT2D eigenvalue weighted by Gasteiger charge is -2.00. The summed E-state index contributed by atoms with van der Waals surface area (Å²) in [5, 5.41) is 13.5. The summed E-state index contributed by atoms with van der Waals surface area (Å²) in [5.41, 5.74) is 2.66. The fourth-order valence-electron chi connectivity index (χ4n) is 2.88. The molecule has 2 heterocycles. The molecule has 0 amide bonds. The minimum atomic E-state index is -1.03. The number of carbonyl (C=O) groups excluding carboxylic acids is 1. The maximum Gasteiger partial charge on any atom is 0.359 e. The summed E-state index contributed by atoms with van der Waals surface area (Å²) < 4.78 is 6.71. The third-order valence-corrected chi connectivity index (χ3v) is 4.19. The molecule has 0 saturated heterocycles. The highest BCUT2D eigenvalue weighted by molar-refractivity contribution is 5.96. The Bertz CT molecular complexity index is 1180. The van der Waals surface area contributed by atoms with Crippen LogP contribution in [-0.4, -0.2) is 43.4 Å². The van der Waals surface area contributed by atoms with Crippen LogP contribution in [0.3, 0.4) is 0 Å². The van der Waals surface area contributed by atoms with Gasteiger partial charge in [-0.3, -0.25) is 0 Å². The number of hydrogen-bond donors (Lipinski definition) is 2. The number of carboxylic acid groups (broad SMARTS) is 1. The van der Waals surface area contributed by atoms with Crippen LogP contribution in [0.25, 0.3) is 28.1 Å². The summed E-state index contributed by atoms with van der Waals surface area (Å²) in [5.74, 6) is -1.18. The Kier molecular flexibility index (Phi) is 4.36. The van der Waals surface area contributed by atoms with E-state index < -0.39 is 11.9 Å². The number of ether oxygens (including phenoxy) is 1. The normalized spacial score (nSPS) is 10.9. The van der Waals surface area contributed by atoms with Crippen molar-refractivity contribution in [3.05, 3.63) is 66.0 Å². The summed E-state index contributed by atoms with van der Waals surface area (Å²) in [7, 11) is 0. The van der Waals surface area contributed by atoms with E-state index in [1.165, 1.54) is 12.1 Å². The number of nitrogens with zero attached hydrogens (tertiary/aromatic N) is 3.